The van der Waals surface area contributed by atoms with Crippen molar-refractivity contribution in [3.05, 3.63) is 71.8 Å². The van der Waals surface area contributed by atoms with Gasteiger partial charge in [0.1, 0.15) is 32.5 Å². The van der Waals surface area contributed by atoms with Crippen LogP contribution in [0.4, 0.5) is 4.39 Å². The highest BCUT2D eigenvalue weighted by molar-refractivity contribution is 6.45. The van der Waals surface area contributed by atoms with Gasteiger partial charge in [0.2, 0.25) is 0 Å². The molecule has 0 aliphatic carbocycles. The summed E-state index contributed by atoms with van der Waals surface area (Å²) in [6, 6.07) is 13.5. The Labute approximate surface area is 171 Å². The van der Waals surface area contributed by atoms with Crippen LogP contribution in [0.3, 0.4) is 0 Å². The Bertz CT molecular complexity index is 1070. The number of aromatic nitrogens is 3. The summed E-state index contributed by atoms with van der Waals surface area (Å²) in [5.74, 6) is -0.0910. The van der Waals surface area contributed by atoms with Crippen LogP contribution in [0.1, 0.15) is 11.1 Å². The third-order valence-corrected chi connectivity index (χ3v) is 4.14. The van der Waals surface area contributed by atoms with Crippen molar-refractivity contribution in [1.29, 1.82) is 0 Å². The van der Waals surface area contributed by atoms with E-state index in [2.05, 4.69) is 20.4 Å². The number of halogens is 1. The molecule has 0 fully saturated rings. The molecule has 0 amide bonds. The molecule has 10 heteroatoms. The van der Waals surface area contributed by atoms with Gasteiger partial charge in [-0.05, 0) is 35.0 Å². The minimum Gasteiger partial charge on any atom is -0.470 e. The van der Waals surface area contributed by atoms with Gasteiger partial charge in [-0.3, -0.25) is 0 Å². The minimum absolute atomic E-state index is 0.167. The molecule has 3 aromatic rings. The number of nitrogens with zero attached hydrogens (tertiary/aromatic N) is 5. The summed E-state index contributed by atoms with van der Waals surface area (Å²) in [6.45, 7) is 0.905. The normalized spacial score (nSPS) is 13.8. The largest absolute Gasteiger partial charge is 0.470 e. The molecule has 1 aliphatic rings. The second-order valence-corrected chi connectivity index (χ2v) is 6.09. The van der Waals surface area contributed by atoms with Gasteiger partial charge in [0, 0.05) is 5.56 Å². The van der Waals surface area contributed by atoms with E-state index in [1.165, 1.54) is 30.3 Å². The maximum absolute atomic E-state index is 13.1. The molecule has 1 aliphatic heterocycles. The second kappa shape index (κ2) is 9.03. The molecule has 4 rings (SSSR count). The van der Waals surface area contributed by atoms with Gasteiger partial charge in [-0.15, -0.1) is 5.10 Å². The number of hydrogen-bond donors (Lipinski definition) is 0. The monoisotopic (exact) mass is 411 g/mol. The van der Waals surface area contributed by atoms with Crippen LogP contribution in [-0.4, -0.2) is 46.7 Å². The number of oxime groups is 2. The molecule has 0 spiro atoms. The molecule has 154 valence electrons. The Balaban J connectivity index is 1.53. The third kappa shape index (κ3) is 4.37. The summed E-state index contributed by atoms with van der Waals surface area (Å²) < 4.78 is 25.9. The molecule has 30 heavy (non-hydrogen) atoms. The van der Waals surface area contributed by atoms with E-state index < -0.39 is 0 Å². The number of benzene rings is 2. The SMILES string of the molecule is CO/N=C(\C1=NOCCO1)c1ccccc1COc1ncn(-c2ccc(F)cc2)n1. The van der Waals surface area contributed by atoms with Crippen molar-refractivity contribution in [1.82, 2.24) is 14.8 Å². The summed E-state index contributed by atoms with van der Waals surface area (Å²) in [7, 11) is 1.44. The van der Waals surface area contributed by atoms with Gasteiger partial charge < -0.3 is 19.1 Å². The Morgan fingerprint density at radius 1 is 1.17 bits per heavy atom. The molecule has 0 radical (unpaired) electrons. The lowest BCUT2D eigenvalue weighted by Gasteiger charge is -2.16. The molecule has 2 aromatic carbocycles. The summed E-state index contributed by atoms with van der Waals surface area (Å²) in [5.41, 5.74) is 2.56. The van der Waals surface area contributed by atoms with E-state index in [0.29, 0.717) is 30.2 Å². The predicted molar refractivity (Wildman–Crippen MR) is 105 cm³/mol. The van der Waals surface area contributed by atoms with Gasteiger partial charge >= 0.3 is 6.01 Å². The molecular weight excluding hydrogens is 393 g/mol. The van der Waals surface area contributed by atoms with Crippen LogP contribution in [0.15, 0.2) is 65.2 Å². The smallest absolute Gasteiger partial charge is 0.336 e. The summed E-state index contributed by atoms with van der Waals surface area (Å²) in [4.78, 5) is 14.2. The van der Waals surface area contributed by atoms with Crippen LogP contribution in [0.25, 0.3) is 5.69 Å². The van der Waals surface area contributed by atoms with Crippen LogP contribution in [0, 0.1) is 5.82 Å². The predicted octanol–water partition coefficient (Wildman–Crippen LogP) is 2.70. The fourth-order valence-electron chi connectivity index (χ4n) is 2.76. The Morgan fingerprint density at radius 3 is 2.77 bits per heavy atom. The highest BCUT2D eigenvalue weighted by Gasteiger charge is 2.21. The fourth-order valence-corrected chi connectivity index (χ4v) is 2.76. The van der Waals surface area contributed by atoms with Gasteiger partial charge in [-0.1, -0.05) is 29.4 Å². The van der Waals surface area contributed by atoms with Gasteiger partial charge in [-0.2, -0.15) is 4.98 Å². The van der Waals surface area contributed by atoms with E-state index in [4.69, 9.17) is 19.1 Å². The summed E-state index contributed by atoms with van der Waals surface area (Å²) in [5, 5.41) is 12.2. The average Bonchev–Trinajstić information content (AvgIpc) is 3.26. The van der Waals surface area contributed by atoms with Gasteiger partial charge in [0.05, 0.1) is 5.69 Å². The molecule has 0 N–H and O–H groups in total. The second-order valence-electron chi connectivity index (χ2n) is 6.09. The van der Waals surface area contributed by atoms with E-state index in [9.17, 15) is 4.39 Å². The van der Waals surface area contributed by atoms with E-state index in [-0.39, 0.29) is 24.3 Å². The van der Waals surface area contributed by atoms with Crippen LogP contribution >= 0.6 is 0 Å². The zero-order chi connectivity index (χ0) is 20.8. The van der Waals surface area contributed by atoms with Crippen LogP contribution in [0.2, 0.25) is 0 Å². The molecule has 0 bridgehead atoms. The van der Waals surface area contributed by atoms with Crippen molar-refractivity contribution in [3.63, 3.8) is 0 Å². The summed E-state index contributed by atoms with van der Waals surface area (Å²) in [6.07, 6.45) is 1.49. The molecule has 0 atom stereocenters. The lowest BCUT2D eigenvalue weighted by molar-refractivity contribution is 0.0672. The lowest BCUT2D eigenvalue weighted by Crippen LogP contribution is -2.26. The lowest BCUT2D eigenvalue weighted by atomic mass is 10.0. The number of ether oxygens (including phenoxy) is 2. The van der Waals surface area contributed by atoms with Crippen molar-refractivity contribution >= 4 is 11.6 Å². The number of rotatable bonds is 7. The van der Waals surface area contributed by atoms with Crippen LogP contribution < -0.4 is 4.74 Å². The van der Waals surface area contributed by atoms with Gasteiger partial charge in [0.25, 0.3) is 5.90 Å². The highest BCUT2D eigenvalue weighted by Crippen LogP contribution is 2.16. The Kier molecular flexibility index (Phi) is 5.83. The molecule has 9 nitrogen and oxygen atoms in total. The summed E-state index contributed by atoms with van der Waals surface area (Å²) >= 11 is 0. The molecule has 1 aromatic heterocycles. The topological polar surface area (TPSA) is 92.4 Å². The van der Waals surface area contributed by atoms with Gasteiger partial charge in [-0.25, -0.2) is 9.07 Å². The maximum Gasteiger partial charge on any atom is 0.336 e. The van der Waals surface area contributed by atoms with Crippen LogP contribution in [-0.2, 0) is 21.0 Å². The number of hydrogen-bond acceptors (Lipinski definition) is 8. The first-order chi connectivity index (χ1) is 14.7. The molecule has 0 unspecified atom stereocenters. The third-order valence-electron chi connectivity index (χ3n) is 4.14. The highest BCUT2D eigenvalue weighted by atomic mass is 19.1. The van der Waals surface area contributed by atoms with E-state index >= 15 is 0 Å². The first-order valence-electron chi connectivity index (χ1n) is 9.07. The Hall–Kier alpha value is -3.95. The molecule has 2 heterocycles. The van der Waals surface area contributed by atoms with E-state index in [1.54, 1.807) is 12.1 Å². The molecular formula is C20H18FN5O4. The molecule has 0 saturated heterocycles. The first kappa shape index (κ1) is 19.4. The average molecular weight is 411 g/mol. The zero-order valence-electron chi connectivity index (χ0n) is 16.1. The molecule has 0 saturated carbocycles. The first-order valence-corrected chi connectivity index (χ1v) is 9.07. The zero-order valence-corrected chi connectivity index (χ0v) is 16.1. The van der Waals surface area contributed by atoms with Crippen molar-refractivity contribution in [3.8, 4) is 11.7 Å². The van der Waals surface area contributed by atoms with Crippen molar-refractivity contribution in [2.45, 2.75) is 6.61 Å². The van der Waals surface area contributed by atoms with Gasteiger partial charge in [0.15, 0.2) is 12.3 Å². The van der Waals surface area contributed by atoms with Crippen LogP contribution in [0.5, 0.6) is 6.01 Å². The fraction of sp³-hybridized carbons (Fsp3) is 0.200. The maximum atomic E-state index is 13.1. The standard InChI is InChI=1S/C20H18FN5O4/c1-27-24-18(19-25-30-11-10-28-19)17-5-3-2-4-14(17)12-29-20-22-13-26(23-20)16-8-6-15(21)7-9-16/h2-9,13H,10-12H2,1H3/b24-18-. The van der Waals surface area contributed by atoms with E-state index in [1.807, 2.05) is 24.3 Å². The van der Waals surface area contributed by atoms with Crippen molar-refractivity contribution in [2.24, 2.45) is 10.3 Å². The quantitative estimate of drug-likeness (QED) is 0.438. The van der Waals surface area contributed by atoms with Crippen molar-refractivity contribution in [2.75, 3.05) is 20.3 Å². The minimum atomic E-state index is -0.322. The van der Waals surface area contributed by atoms with E-state index in [0.717, 1.165) is 5.56 Å². The van der Waals surface area contributed by atoms with Crippen molar-refractivity contribution < 1.29 is 23.5 Å². The Morgan fingerprint density at radius 2 is 2.00 bits per heavy atom.